The lowest BCUT2D eigenvalue weighted by molar-refractivity contribution is 0.202. The maximum absolute atomic E-state index is 9.61. The number of hydrogen-bond acceptors (Lipinski definition) is 4. The van der Waals surface area contributed by atoms with Crippen LogP contribution in [0.5, 0.6) is 0 Å². The zero-order chi connectivity index (χ0) is 15.2. The van der Waals surface area contributed by atoms with Crippen LogP contribution in [0.4, 0.5) is 5.69 Å². The van der Waals surface area contributed by atoms with Gasteiger partial charge in [-0.2, -0.15) is 5.26 Å². The van der Waals surface area contributed by atoms with E-state index in [0.29, 0.717) is 12.6 Å². The minimum Gasteiger partial charge on any atom is -0.383 e. The number of hydrogen-bond donors (Lipinski definition) is 0. The number of anilines is 1. The number of nitriles is 1. The van der Waals surface area contributed by atoms with Crippen molar-refractivity contribution in [1.82, 2.24) is 0 Å². The van der Waals surface area contributed by atoms with Crippen LogP contribution < -0.4 is 4.90 Å². The molecule has 3 nitrogen and oxygen atoms in total. The highest BCUT2D eigenvalue weighted by Crippen LogP contribution is 2.39. The standard InChI is InChI=1S/C17H24N2OS/c1-4-21-17-7-5-6-16(15(17)12-18)19(10-11-20-3)13(2)14-8-9-14/h5-7,13-14H,4,8-11H2,1-3H3. The molecular formula is C17H24N2OS. The Morgan fingerprint density at radius 2 is 2.24 bits per heavy atom. The molecule has 2 rings (SSSR count). The van der Waals surface area contributed by atoms with Gasteiger partial charge in [0, 0.05) is 24.6 Å². The Balaban J connectivity index is 2.33. The van der Waals surface area contributed by atoms with Gasteiger partial charge in [-0.25, -0.2) is 0 Å². The largest absolute Gasteiger partial charge is 0.383 e. The molecule has 0 heterocycles. The first-order valence-corrected chi connectivity index (χ1v) is 8.63. The number of ether oxygens (including phenoxy) is 1. The molecule has 1 atom stereocenters. The monoisotopic (exact) mass is 304 g/mol. The summed E-state index contributed by atoms with van der Waals surface area (Å²) in [5.74, 6) is 1.74. The zero-order valence-corrected chi connectivity index (χ0v) is 13.9. The fraction of sp³-hybridized carbons (Fsp3) is 0.588. The molecule has 1 aromatic rings. The average molecular weight is 304 g/mol. The van der Waals surface area contributed by atoms with Crippen LogP contribution >= 0.6 is 11.8 Å². The van der Waals surface area contributed by atoms with Gasteiger partial charge in [0.1, 0.15) is 6.07 Å². The molecule has 1 fully saturated rings. The Kier molecular flexibility index (Phi) is 5.96. The third-order valence-electron chi connectivity index (χ3n) is 4.06. The maximum Gasteiger partial charge on any atom is 0.103 e. The maximum atomic E-state index is 9.61. The molecule has 0 aliphatic heterocycles. The van der Waals surface area contributed by atoms with Crippen LogP contribution in [0.2, 0.25) is 0 Å². The first kappa shape index (κ1) is 16.2. The lowest BCUT2D eigenvalue weighted by Gasteiger charge is -2.32. The molecular weight excluding hydrogens is 280 g/mol. The van der Waals surface area contributed by atoms with Gasteiger partial charge < -0.3 is 9.64 Å². The fourth-order valence-electron chi connectivity index (χ4n) is 2.71. The van der Waals surface area contributed by atoms with Crippen molar-refractivity contribution in [2.24, 2.45) is 5.92 Å². The Morgan fingerprint density at radius 3 is 2.81 bits per heavy atom. The van der Waals surface area contributed by atoms with Crippen LogP contribution in [0.1, 0.15) is 32.3 Å². The van der Waals surface area contributed by atoms with Gasteiger partial charge in [0.05, 0.1) is 17.9 Å². The molecule has 0 N–H and O–H groups in total. The highest BCUT2D eigenvalue weighted by atomic mass is 32.2. The second-order valence-corrected chi connectivity index (χ2v) is 6.77. The molecule has 1 aromatic carbocycles. The minimum absolute atomic E-state index is 0.467. The summed E-state index contributed by atoms with van der Waals surface area (Å²) in [6.07, 6.45) is 2.60. The van der Waals surface area contributed by atoms with E-state index in [-0.39, 0.29) is 0 Å². The van der Waals surface area contributed by atoms with E-state index >= 15 is 0 Å². The first-order valence-electron chi connectivity index (χ1n) is 7.64. The van der Waals surface area contributed by atoms with E-state index in [0.717, 1.165) is 34.4 Å². The molecule has 0 aromatic heterocycles. The third-order valence-corrected chi connectivity index (χ3v) is 5.00. The van der Waals surface area contributed by atoms with Crippen LogP contribution in [-0.4, -0.2) is 32.1 Å². The lowest BCUT2D eigenvalue weighted by atomic mass is 10.1. The number of benzene rings is 1. The van der Waals surface area contributed by atoms with Crippen LogP contribution in [-0.2, 0) is 4.74 Å². The second kappa shape index (κ2) is 7.72. The first-order chi connectivity index (χ1) is 10.2. The molecule has 114 valence electrons. The van der Waals surface area contributed by atoms with Crippen molar-refractivity contribution in [3.63, 3.8) is 0 Å². The van der Waals surface area contributed by atoms with Gasteiger partial charge >= 0.3 is 0 Å². The van der Waals surface area contributed by atoms with E-state index in [1.54, 1.807) is 18.9 Å². The summed E-state index contributed by atoms with van der Waals surface area (Å²) < 4.78 is 5.27. The third kappa shape index (κ3) is 3.93. The molecule has 0 spiro atoms. The molecule has 1 aliphatic rings. The molecule has 0 bridgehead atoms. The van der Waals surface area contributed by atoms with Gasteiger partial charge in [0.2, 0.25) is 0 Å². The molecule has 1 saturated carbocycles. The quantitative estimate of drug-likeness (QED) is 0.682. The van der Waals surface area contributed by atoms with E-state index in [4.69, 9.17) is 4.74 Å². The molecule has 0 amide bonds. The van der Waals surface area contributed by atoms with Gasteiger partial charge in [-0.1, -0.05) is 13.0 Å². The molecule has 4 heteroatoms. The fourth-order valence-corrected chi connectivity index (χ4v) is 3.49. The predicted octanol–water partition coefficient (Wildman–Crippen LogP) is 3.92. The van der Waals surface area contributed by atoms with Crippen molar-refractivity contribution in [3.05, 3.63) is 23.8 Å². The molecule has 0 radical (unpaired) electrons. The van der Waals surface area contributed by atoms with Crippen LogP contribution in [0, 0.1) is 17.2 Å². The summed E-state index contributed by atoms with van der Waals surface area (Å²) in [6, 6.07) is 9.07. The smallest absolute Gasteiger partial charge is 0.103 e. The van der Waals surface area contributed by atoms with Gasteiger partial charge in [0.15, 0.2) is 0 Å². The summed E-state index contributed by atoms with van der Waals surface area (Å²) in [6.45, 7) is 5.91. The Morgan fingerprint density at radius 1 is 1.48 bits per heavy atom. The van der Waals surface area contributed by atoms with E-state index < -0.39 is 0 Å². The van der Waals surface area contributed by atoms with Crippen molar-refractivity contribution in [3.8, 4) is 6.07 Å². The van der Waals surface area contributed by atoms with Crippen molar-refractivity contribution < 1.29 is 4.74 Å². The van der Waals surface area contributed by atoms with Crippen LogP contribution in [0.15, 0.2) is 23.1 Å². The Bertz CT molecular complexity index is 508. The topological polar surface area (TPSA) is 36.3 Å². The molecule has 1 aliphatic carbocycles. The van der Waals surface area contributed by atoms with Crippen LogP contribution in [0.25, 0.3) is 0 Å². The van der Waals surface area contributed by atoms with Crippen molar-refractivity contribution in [1.29, 1.82) is 5.26 Å². The average Bonchev–Trinajstić information content (AvgIpc) is 3.32. The highest BCUT2D eigenvalue weighted by molar-refractivity contribution is 7.99. The number of nitrogens with zero attached hydrogens (tertiary/aromatic N) is 2. The summed E-state index contributed by atoms with van der Waals surface area (Å²) in [4.78, 5) is 3.45. The van der Waals surface area contributed by atoms with E-state index in [9.17, 15) is 5.26 Å². The summed E-state index contributed by atoms with van der Waals surface area (Å²) in [7, 11) is 1.73. The summed E-state index contributed by atoms with van der Waals surface area (Å²) in [5.41, 5.74) is 1.88. The van der Waals surface area contributed by atoms with E-state index in [1.165, 1.54) is 12.8 Å². The minimum atomic E-state index is 0.467. The number of thioether (sulfide) groups is 1. The Labute approximate surface area is 132 Å². The van der Waals surface area contributed by atoms with E-state index in [1.807, 2.05) is 6.07 Å². The number of rotatable bonds is 8. The highest BCUT2D eigenvalue weighted by Gasteiger charge is 2.33. The molecule has 21 heavy (non-hydrogen) atoms. The van der Waals surface area contributed by atoms with Crippen molar-refractivity contribution in [2.75, 3.05) is 30.9 Å². The number of methoxy groups -OCH3 is 1. The van der Waals surface area contributed by atoms with E-state index in [2.05, 4.69) is 36.9 Å². The van der Waals surface area contributed by atoms with Gasteiger partial charge in [-0.05, 0) is 43.6 Å². The SMILES string of the molecule is CCSc1cccc(N(CCOC)C(C)C2CC2)c1C#N. The Hall–Kier alpha value is -1.18. The zero-order valence-electron chi connectivity index (χ0n) is 13.1. The van der Waals surface area contributed by atoms with Gasteiger partial charge in [-0.3, -0.25) is 0 Å². The summed E-state index contributed by atoms with van der Waals surface area (Å²) >= 11 is 1.74. The van der Waals surface area contributed by atoms with Crippen LogP contribution in [0.3, 0.4) is 0 Å². The second-order valence-electron chi connectivity index (χ2n) is 5.46. The summed E-state index contributed by atoms with van der Waals surface area (Å²) in [5, 5.41) is 9.61. The van der Waals surface area contributed by atoms with Gasteiger partial charge in [-0.15, -0.1) is 11.8 Å². The predicted molar refractivity (Wildman–Crippen MR) is 89.0 cm³/mol. The van der Waals surface area contributed by atoms with Crippen molar-refractivity contribution in [2.45, 2.75) is 37.6 Å². The molecule has 0 saturated heterocycles. The lowest BCUT2D eigenvalue weighted by Crippen LogP contribution is -2.37. The normalized spacial score (nSPS) is 15.5. The van der Waals surface area contributed by atoms with Crippen molar-refractivity contribution >= 4 is 17.4 Å². The molecule has 1 unspecified atom stereocenters. The van der Waals surface area contributed by atoms with Gasteiger partial charge in [0.25, 0.3) is 0 Å².